The van der Waals surface area contributed by atoms with Crippen molar-refractivity contribution < 1.29 is 32.2 Å². The van der Waals surface area contributed by atoms with Crippen LogP contribution in [0.5, 0.6) is 17.2 Å². The summed E-state index contributed by atoms with van der Waals surface area (Å²) in [5, 5.41) is 7.10. The van der Waals surface area contributed by atoms with E-state index in [1.54, 1.807) is 18.3 Å². The van der Waals surface area contributed by atoms with Gasteiger partial charge in [-0.2, -0.15) is 9.78 Å². The van der Waals surface area contributed by atoms with Gasteiger partial charge < -0.3 is 19.5 Å². The van der Waals surface area contributed by atoms with Crippen LogP contribution in [0.4, 0.5) is 23.7 Å². The number of carbonyl (C=O) groups is 1. The average Bonchev–Trinajstić information content (AvgIpc) is 3.49. The van der Waals surface area contributed by atoms with Crippen molar-refractivity contribution in [3.8, 4) is 39.6 Å². The molecule has 0 bridgehead atoms. The molecule has 6 rings (SSSR count). The first-order valence-corrected chi connectivity index (χ1v) is 11.4. The highest BCUT2D eigenvalue weighted by Crippen LogP contribution is 2.42. The number of hydrogen-bond donors (Lipinski definition) is 1. The van der Waals surface area contributed by atoms with Gasteiger partial charge in [-0.05, 0) is 73.5 Å². The number of benzene rings is 3. The van der Waals surface area contributed by atoms with Gasteiger partial charge in [-0.3, -0.25) is 0 Å². The van der Waals surface area contributed by atoms with Gasteiger partial charge in [-0.1, -0.05) is 6.07 Å². The van der Waals surface area contributed by atoms with Gasteiger partial charge in [0.2, 0.25) is 0 Å². The first kappa shape index (κ1) is 23.0. The molecule has 0 saturated carbocycles. The summed E-state index contributed by atoms with van der Waals surface area (Å²) in [5.74, 6) is 0.0781. The molecule has 0 atom stereocenters. The molecule has 188 valence electrons. The third-order valence-corrected chi connectivity index (χ3v) is 6.07. The number of ether oxygens (including phenoxy) is 3. The second-order valence-corrected chi connectivity index (χ2v) is 9.46. The van der Waals surface area contributed by atoms with E-state index in [1.165, 1.54) is 30.3 Å². The number of carbonyl (C=O) groups excluding carboxylic acids is 1. The Kier molecular flexibility index (Phi) is 4.98. The number of halogens is 3. The summed E-state index contributed by atoms with van der Waals surface area (Å²) in [6, 6.07) is 14.9. The van der Waals surface area contributed by atoms with Gasteiger partial charge in [0.15, 0.2) is 11.5 Å². The van der Waals surface area contributed by atoms with E-state index in [4.69, 9.17) is 4.74 Å². The van der Waals surface area contributed by atoms with Crippen molar-refractivity contribution in [3.05, 3.63) is 78.2 Å². The predicted molar refractivity (Wildman–Crippen MR) is 129 cm³/mol. The van der Waals surface area contributed by atoms with Crippen LogP contribution in [0, 0.1) is 5.82 Å². The fourth-order valence-corrected chi connectivity index (χ4v) is 4.49. The molecule has 10 heteroatoms. The summed E-state index contributed by atoms with van der Waals surface area (Å²) < 4.78 is 56.2. The standard InChI is InChI=1S/C27H20F3N3O4/c1-26(2)13-17-11-16(5-9-21(17)35-26)20-14-33(32-24(20)15-3-6-18(28)7-4-15)25(34)31-19-8-10-22-23(12-19)37-27(29,30)36-22/h3-12,14H,13H2,1-2H3,(H,31,34). The van der Waals surface area contributed by atoms with Crippen LogP contribution in [0.25, 0.3) is 22.4 Å². The third kappa shape index (κ3) is 4.35. The van der Waals surface area contributed by atoms with Gasteiger partial charge in [0.1, 0.15) is 22.9 Å². The number of amides is 1. The number of rotatable bonds is 3. The van der Waals surface area contributed by atoms with E-state index < -0.39 is 18.1 Å². The van der Waals surface area contributed by atoms with E-state index in [2.05, 4.69) is 19.9 Å². The van der Waals surface area contributed by atoms with Crippen LogP contribution < -0.4 is 19.5 Å². The Morgan fingerprint density at radius 1 is 0.919 bits per heavy atom. The molecular weight excluding hydrogens is 487 g/mol. The van der Waals surface area contributed by atoms with Crippen molar-refractivity contribution in [1.29, 1.82) is 0 Å². The number of nitrogens with one attached hydrogen (secondary N) is 1. The number of nitrogens with zero attached hydrogens (tertiary/aromatic N) is 2. The molecule has 0 aliphatic carbocycles. The van der Waals surface area contributed by atoms with Crippen molar-refractivity contribution in [3.63, 3.8) is 0 Å². The van der Waals surface area contributed by atoms with Crippen LogP contribution in [0.15, 0.2) is 66.9 Å². The Morgan fingerprint density at radius 2 is 1.62 bits per heavy atom. The van der Waals surface area contributed by atoms with E-state index in [-0.39, 0.29) is 22.8 Å². The quantitative estimate of drug-likeness (QED) is 0.344. The van der Waals surface area contributed by atoms with Crippen molar-refractivity contribution >= 4 is 11.7 Å². The van der Waals surface area contributed by atoms with Gasteiger partial charge in [0, 0.05) is 35.5 Å². The first-order valence-electron chi connectivity index (χ1n) is 11.4. The Hall–Kier alpha value is -4.47. The largest absolute Gasteiger partial charge is 0.586 e. The number of aromatic nitrogens is 2. The van der Waals surface area contributed by atoms with Crippen LogP contribution in [0.1, 0.15) is 19.4 Å². The van der Waals surface area contributed by atoms with Gasteiger partial charge >= 0.3 is 12.3 Å². The molecule has 2 aliphatic rings. The Labute approximate surface area is 209 Å². The maximum Gasteiger partial charge on any atom is 0.586 e. The van der Waals surface area contributed by atoms with E-state index >= 15 is 0 Å². The fraction of sp³-hybridized carbons (Fsp3) is 0.185. The lowest BCUT2D eigenvalue weighted by molar-refractivity contribution is -0.286. The number of alkyl halides is 2. The summed E-state index contributed by atoms with van der Waals surface area (Å²) in [6.45, 7) is 4.02. The van der Waals surface area contributed by atoms with E-state index in [0.717, 1.165) is 28.0 Å². The molecule has 3 aromatic carbocycles. The average molecular weight is 507 g/mol. The summed E-state index contributed by atoms with van der Waals surface area (Å²) in [4.78, 5) is 13.1. The molecule has 0 fully saturated rings. The Balaban J connectivity index is 1.35. The Bertz CT molecular complexity index is 1550. The molecule has 1 aromatic heterocycles. The number of hydrogen-bond acceptors (Lipinski definition) is 5. The normalized spacial score (nSPS) is 16.2. The maximum absolute atomic E-state index is 13.6. The SMILES string of the molecule is CC1(C)Cc2cc(-c3cn(C(=O)Nc4ccc5c(c4)OC(F)(F)O5)nc3-c3ccc(F)cc3)ccc2O1. The zero-order valence-electron chi connectivity index (χ0n) is 19.7. The summed E-state index contributed by atoms with van der Waals surface area (Å²) in [5.41, 5.74) is 3.47. The van der Waals surface area contributed by atoms with E-state index in [9.17, 15) is 18.0 Å². The second-order valence-electron chi connectivity index (χ2n) is 9.46. The molecule has 2 aliphatic heterocycles. The molecule has 0 spiro atoms. The monoisotopic (exact) mass is 507 g/mol. The highest BCUT2D eigenvalue weighted by atomic mass is 19.3. The molecule has 37 heavy (non-hydrogen) atoms. The van der Waals surface area contributed by atoms with E-state index in [1.807, 2.05) is 32.0 Å². The minimum absolute atomic E-state index is 0.133. The van der Waals surface area contributed by atoms with Crippen molar-refractivity contribution in [2.24, 2.45) is 0 Å². The fourth-order valence-electron chi connectivity index (χ4n) is 4.49. The minimum Gasteiger partial charge on any atom is -0.487 e. The molecule has 0 unspecified atom stereocenters. The van der Waals surface area contributed by atoms with Crippen molar-refractivity contribution in [2.45, 2.75) is 32.2 Å². The smallest absolute Gasteiger partial charge is 0.487 e. The summed E-state index contributed by atoms with van der Waals surface area (Å²) in [7, 11) is 0. The van der Waals surface area contributed by atoms with Crippen LogP contribution in [-0.2, 0) is 6.42 Å². The molecule has 3 heterocycles. The van der Waals surface area contributed by atoms with Gasteiger partial charge in [-0.25, -0.2) is 9.18 Å². The molecular formula is C27H20F3N3O4. The molecule has 1 N–H and O–H groups in total. The molecule has 7 nitrogen and oxygen atoms in total. The van der Waals surface area contributed by atoms with Crippen LogP contribution in [0.2, 0.25) is 0 Å². The molecule has 4 aromatic rings. The van der Waals surface area contributed by atoms with E-state index in [0.29, 0.717) is 16.8 Å². The van der Waals surface area contributed by atoms with Crippen molar-refractivity contribution in [2.75, 3.05) is 5.32 Å². The number of fused-ring (bicyclic) bond motifs is 2. The second kappa shape index (κ2) is 8.02. The lowest BCUT2D eigenvalue weighted by Crippen LogP contribution is -2.25. The summed E-state index contributed by atoms with van der Waals surface area (Å²) in [6.07, 6.45) is -1.47. The zero-order chi connectivity index (χ0) is 25.9. The molecule has 0 radical (unpaired) electrons. The summed E-state index contributed by atoms with van der Waals surface area (Å²) >= 11 is 0. The maximum atomic E-state index is 13.6. The van der Waals surface area contributed by atoms with Crippen LogP contribution >= 0.6 is 0 Å². The van der Waals surface area contributed by atoms with Gasteiger partial charge in [-0.15, -0.1) is 8.78 Å². The highest BCUT2D eigenvalue weighted by Gasteiger charge is 2.43. The van der Waals surface area contributed by atoms with Gasteiger partial charge in [0.05, 0.1) is 0 Å². The zero-order valence-corrected chi connectivity index (χ0v) is 19.7. The Morgan fingerprint density at radius 3 is 2.41 bits per heavy atom. The van der Waals surface area contributed by atoms with Crippen LogP contribution in [-0.4, -0.2) is 27.7 Å². The van der Waals surface area contributed by atoms with Crippen molar-refractivity contribution in [1.82, 2.24) is 9.78 Å². The molecule has 1 amide bonds. The number of anilines is 1. The lowest BCUT2D eigenvalue weighted by Gasteiger charge is -2.16. The van der Waals surface area contributed by atoms with Gasteiger partial charge in [0.25, 0.3) is 0 Å². The van der Waals surface area contributed by atoms with Crippen LogP contribution in [0.3, 0.4) is 0 Å². The lowest BCUT2D eigenvalue weighted by atomic mass is 9.96. The first-order chi connectivity index (χ1) is 17.6. The minimum atomic E-state index is -3.76. The molecule has 0 saturated heterocycles. The third-order valence-electron chi connectivity index (χ3n) is 6.07. The highest BCUT2D eigenvalue weighted by molar-refractivity contribution is 5.93. The topological polar surface area (TPSA) is 74.6 Å². The predicted octanol–water partition coefficient (Wildman–Crippen LogP) is 6.47.